The predicted octanol–water partition coefficient (Wildman–Crippen LogP) is 3.73. The molecule has 0 bridgehead atoms. The maximum absolute atomic E-state index is 13.1. The highest BCUT2D eigenvalue weighted by molar-refractivity contribution is 5.90. The molecular formula is C17H19F3N2O2. The molecule has 7 heteroatoms. The highest BCUT2D eigenvalue weighted by Gasteiger charge is 2.50. The van der Waals surface area contributed by atoms with E-state index in [0.29, 0.717) is 5.56 Å². The van der Waals surface area contributed by atoms with Crippen LogP contribution in [-0.4, -0.2) is 28.9 Å². The Morgan fingerprint density at radius 2 is 1.83 bits per heavy atom. The van der Waals surface area contributed by atoms with Gasteiger partial charge < -0.3 is 5.32 Å². The van der Waals surface area contributed by atoms with E-state index in [4.69, 9.17) is 0 Å². The number of amides is 2. The van der Waals surface area contributed by atoms with Crippen molar-refractivity contribution < 1.29 is 22.8 Å². The van der Waals surface area contributed by atoms with Crippen LogP contribution in [0, 0.1) is 12.8 Å². The lowest BCUT2D eigenvalue weighted by atomic mass is 9.95. The molecule has 0 aromatic heterocycles. The quantitative estimate of drug-likeness (QED) is 0.908. The topological polar surface area (TPSA) is 49.4 Å². The summed E-state index contributed by atoms with van der Waals surface area (Å²) in [6.45, 7) is 7.60. The number of Topliss-reactive ketones (excluding diaryl/α,β-unsaturated/α-hetero) is 1. The van der Waals surface area contributed by atoms with Gasteiger partial charge in [-0.1, -0.05) is 43.3 Å². The first kappa shape index (κ1) is 18.0. The molecule has 0 saturated carbocycles. The maximum atomic E-state index is 13.1. The van der Waals surface area contributed by atoms with E-state index in [1.807, 2.05) is 19.1 Å². The zero-order valence-corrected chi connectivity index (χ0v) is 13.6. The lowest BCUT2D eigenvalue weighted by Gasteiger charge is -2.32. The van der Waals surface area contributed by atoms with Crippen LogP contribution in [0.25, 0.3) is 0 Å². The monoisotopic (exact) mass is 340 g/mol. The average Bonchev–Trinajstić information content (AvgIpc) is 2.75. The Morgan fingerprint density at radius 3 is 2.29 bits per heavy atom. The van der Waals surface area contributed by atoms with Gasteiger partial charge in [-0.05, 0) is 19.4 Å². The minimum Gasteiger partial charge on any atom is -0.325 e. The number of benzene rings is 1. The number of nitrogens with zero attached hydrogens (tertiary/aromatic N) is 1. The lowest BCUT2D eigenvalue weighted by molar-refractivity contribution is -0.184. The van der Waals surface area contributed by atoms with Crippen LogP contribution >= 0.6 is 0 Å². The number of carbonyl (C=O) groups excluding carboxylic acids is 2. The Kier molecular flexibility index (Phi) is 4.73. The molecule has 24 heavy (non-hydrogen) atoms. The molecule has 3 atom stereocenters. The van der Waals surface area contributed by atoms with Gasteiger partial charge in [0.25, 0.3) is 0 Å². The molecule has 2 unspecified atom stereocenters. The minimum absolute atomic E-state index is 0.139. The van der Waals surface area contributed by atoms with E-state index in [1.54, 1.807) is 12.1 Å². The number of aryl methyl sites for hydroxylation is 1. The van der Waals surface area contributed by atoms with Gasteiger partial charge in [-0.25, -0.2) is 4.79 Å². The van der Waals surface area contributed by atoms with Gasteiger partial charge in [0.2, 0.25) is 0 Å². The van der Waals surface area contributed by atoms with Crippen molar-refractivity contribution in [3.8, 4) is 0 Å². The first-order valence-electron chi connectivity index (χ1n) is 7.46. The van der Waals surface area contributed by atoms with Gasteiger partial charge in [0.15, 0.2) is 5.78 Å². The van der Waals surface area contributed by atoms with Crippen molar-refractivity contribution in [2.45, 2.75) is 39.0 Å². The van der Waals surface area contributed by atoms with E-state index in [9.17, 15) is 22.8 Å². The van der Waals surface area contributed by atoms with E-state index >= 15 is 0 Å². The van der Waals surface area contributed by atoms with Crippen LogP contribution < -0.4 is 5.32 Å². The van der Waals surface area contributed by atoms with Crippen LogP contribution in [-0.2, 0) is 4.79 Å². The zero-order valence-electron chi connectivity index (χ0n) is 13.6. The summed E-state index contributed by atoms with van der Waals surface area (Å²) in [5, 5.41) is 2.60. The van der Waals surface area contributed by atoms with Gasteiger partial charge >= 0.3 is 12.2 Å². The molecule has 2 rings (SSSR count). The molecule has 1 saturated heterocycles. The maximum Gasteiger partial charge on any atom is 0.393 e. The van der Waals surface area contributed by atoms with Gasteiger partial charge in [-0.2, -0.15) is 13.2 Å². The Labute approximate surface area is 138 Å². The third kappa shape index (κ3) is 3.29. The molecule has 1 N–H and O–H groups in total. The normalized spacial score (nSPS) is 20.8. The lowest BCUT2D eigenvalue weighted by Crippen LogP contribution is -2.49. The van der Waals surface area contributed by atoms with Gasteiger partial charge in [-0.15, -0.1) is 0 Å². The summed E-state index contributed by atoms with van der Waals surface area (Å²) in [4.78, 5) is 24.9. The number of ketones is 1. The summed E-state index contributed by atoms with van der Waals surface area (Å²) >= 11 is 0. The molecular weight excluding hydrogens is 321 g/mol. The smallest absolute Gasteiger partial charge is 0.325 e. The fraction of sp³-hybridized carbons (Fsp3) is 0.412. The number of hydrogen-bond acceptors (Lipinski definition) is 2. The second-order valence-electron chi connectivity index (χ2n) is 6.04. The number of halogens is 3. The summed E-state index contributed by atoms with van der Waals surface area (Å²) in [5.74, 6) is -2.73. The molecule has 1 aliphatic heterocycles. The average molecular weight is 340 g/mol. The van der Waals surface area contributed by atoms with Gasteiger partial charge in [0, 0.05) is 5.70 Å². The fourth-order valence-corrected chi connectivity index (χ4v) is 2.82. The van der Waals surface area contributed by atoms with Gasteiger partial charge in [0.1, 0.15) is 6.04 Å². The second kappa shape index (κ2) is 6.30. The van der Waals surface area contributed by atoms with Crippen LogP contribution in [0.4, 0.5) is 18.0 Å². The first-order valence-corrected chi connectivity index (χ1v) is 7.46. The van der Waals surface area contributed by atoms with E-state index < -0.39 is 36.0 Å². The van der Waals surface area contributed by atoms with E-state index in [2.05, 4.69) is 11.9 Å². The standard InChI is InChI=1S/C17H19F3N2O2/c1-9-5-7-13(8-6-9)14-11(3)22(16(24)21-14)15(12(4)23)10(2)17(18,19)20/h5-8,10,14-15H,3H2,1-2,4H3,(H,21,24)/t10?,14-,15?/m0/s1. The number of urea groups is 1. The molecule has 4 nitrogen and oxygen atoms in total. The number of carbonyl (C=O) groups is 2. The zero-order chi connectivity index (χ0) is 18.2. The minimum atomic E-state index is -4.60. The van der Waals surface area contributed by atoms with Crippen molar-refractivity contribution in [2.75, 3.05) is 0 Å². The SMILES string of the molecule is C=C1[C@@H](c2ccc(C)cc2)NC(=O)N1C(C(C)=O)C(C)C(F)(F)F. The van der Waals surface area contributed by atoms with E-state index in [0.717, 1.165) is 24.3 Å². The molecule has 130 valence electrons. The summed E-state index contributed by atoms with van der Waals surface area (Å²) in [5.41, 5.74) is 1.85. The van der Waals surface area contributed by atoms with Crippen molar-refractivity contribution in [2.24, 2.45) is 5.92 Å². The fourth-order valence-electron chi connectivity index (χ4n) is 2.82. The van der Waals surface area contributed by atoms with Crippen LogP contribution in [0.3, 0.4) is 0 Å². The third-order valence-electron chi connectivity index (χ3n) is 4.22. The molecule has 0 radical (unpaired) electrons. The van der Waals surface area contributed by atoms with Crippen LogP contribution in [0.15, 0.2) is 36.5 Å². The summed E-state index contributed by atoms with van der Waals surface area (Å²) in [6, 6.07) is 4.17. The number of rotatable bonds is 4. The Morgan fingerprint density at radius 1 is 1.29 bits per heavy atom. The van der Waals surface area contributed by atoms with Crippen molar-refractivity contribution in [3.05, 3.63) is 47.7 Å². The third-order valence-corrected chi connectivity index (χ3v) is 4.22. The summed E-state index contributed by atoms with van der Waals surface area (Å²) in [7, 11) is 0. The Hall–Kier alpha value is -2.31. The predicted molar refractivity (Wildman–Crippen MR) is 83.1 cm³/mol. The van der Waals surface area contributed by atoms with Gasteiger partial charge in [0.05, 0.1) is 12.0 Å². The molecule has 1 heterocycles. The number of hydrogen-bond donors (Lipinski definition) is 1. The Bertz CT molecular complexity index is 667. The summed E-state index contributed by atoms with van der Waals surface area (Å²) < 4.78 is 39.3. The molecule has 0 spiro atoms. The van der Waals surface area contributed by atoms with Gasteiger partial charge in [-0.3, -0.25) is 9.69 Å². The van der Waals surface area contributed by atoms with Crippen LogP contribution in [0.1, 0.15) is 31.0 Å². The van der Waals surface area contributed by atoms with Crippen LogP contribution in [0.5, 0.6) is 0 Å². The van der Waals surface area contributed by atoms with Crippen molar-refractivity contribution in [1.82, 2.24) is 10.2 Å². The Balaban J connectivity index is 2.36. The first-order chi connectivity index (χ1) is 11.0. The second-order valence-corrected chi connectivity index (χ2v) is 6.04. The molecule has 0 aliphatic carbocycles. The van der Waals surface area contributed by atoms with Crippen molar-refractivity contribution in [3.63, 3.8) is 0 Å². The van der Waals surface area contributed by atoms with Crippen LogP contribution in [0.2, 0.25) is 0 Å². The molecule has 1 fully saturated rings. The van der Waals surface area contributed by atoms with E-state index in [1.165, 1.54) is 0 Å². The molecule has 2 amide bonds. The molecule has 1 aromatic carbocycles. The highest BCUT2D eigenvalue weighted by Crippen LogP contribution is 2.37. The largest absolute Gasteiger partial charge is 0.393 e. The summed E-state index contributed by atoms with van der Waals surface area (Å²) in [6.07, 6.45) is -4.60. The molecule has 1 aliphatic rings. The van der Waals surface area contributed by atoms with E-state index in [-0.39, 0.29) is 5.70 Å². The van der Waals surface area contributed by atoms with Crippen molar-refractivity contribution >= 4 is 11.8 Å². The number of nitrogens with one attached hydrogen (secondary N) is 1. The number of alkyl halides is 3. The van der Waals surface area contributed by atoms with Crippen molar-refractivity contribution in [1.29, 1.82) is 0 Å². The highest BCUT2D eigenvalue weighted by atomic mass is 19.4. The molecule has 1 aromatic rings.